The Balaban J connectivity index is 2.01. The van der Waals surface area contributed by atoms with Crippen LogP contribution in [0.2, 0.25) is 0 Å². The molecule has 0 spiro atoms. The van der Waals surface area contributed by atoms with Gasteiger partial charge in [0.15, 0.2) is 0 Å². The highest BCUT2D eigenvalue weighted by Crippen LogP contribution is 2.14. The van der Waals surface area contributed by atoms with E-state index in [4.69, 9.17) is 15.2 Å². The van der Waals surface area contributed by atoms with Gasteiger partial charge in [-0.1, -0.05) is 6.92 Å². The van der Waals surface area contributed by atoms with Crippen molar-refractivity contribution in [1.29, 1.82) is 0 Å². The van der Waals surface area contributed by atoms with E-state index in [9.17, 15) is 4.79 Å². The van der Waals surface area contributed by atoms with Gasteiger partial charge in [0.25, 0.3) is 0 Å². The minimum Gasteiger partial charge on any atom is -0.465 e. The number of ether oxygens (including phenoxy) is 2. The van der Waals surface area contributed by atoms with Gasteiger partial charge in [-0.2, -0.15) is 0 Å². The second kappa shape index (κ2) is 7.63. The second-order valence-electron chi connectivity index (χ2n) is 4.63. The molecule has 2 N–H and O–H groups in total. The molecule has 2 unspecified atom stereocenters. The Morgan fingerprint density at radius 2 is 2.38 bits per heavy atom. The van der Waals surface area contributed by atoms with Gasteiger partial charge in [0.1, 0.15) is 0 Å². The average molecular weight is 229 g/mol. The summed E-state index contributed by atoms with van der Waals surface area (Å²) in [6.07, 6.45) is 3.37. The molecule has 2 atom stereocenters. The monoisotopic (exact) mass is 229 g/mol. The fourth-order valence-electron chi connectivity index (χ4n) is 1.79. The van der Waals surface area contributed by atoms with Crippen LogP contribution in [0.3, 0.4) is 0 Å². The van der Waals surface area contributed by atoms with Gasteiger partial charge in [-0.3, -0.25) is 4.79 Å². The zero-order chi connectivity index (χ0) is 11.8. The van der Waals surface area contributed by atoms with Crippen LogP contribution in [-0.2, 0) is 14.3 Å². The molecule has 1 rings (SSSR count). The number of carbonyl (C=O) groups is 1. The Labute approximate surface area is 97.5 Å². The number of carbonyl (C=O) groups excluding carboxylic acids is 1. The number of rotatable bonds is 7. The lowest BCUT2D eigenvalue weighted by atomic mass is 10.0. The molecule has 0 amide bonds. The third kappa shape index (κ3) is 5.47. The summed E-state index contributed by atoms with van der Waals surface area (Å²) in [5, 5.41) is 0. The smallest absolute Gasteiger partial charge is 0.305 e. The van der Waals surface area contributed by atoms with Crippen molar-refractivity contribution in [1.82, 2.24) is 0 Å². The lowest BCUT2D eigenvalue weighted by molar-refractivity contribution is -0.145. The van der Waals surface area contributed by atoms with E-state index in [2.05, 4.69) is 6.92 Å². The molecular formula is C12H23NO3. The van der Waals surface area contributed by atoms with Crippen LogP contribution in [0.4, 0.5) is 0 Å². The standard InChI is InChI=1S/C12H23NO3/c1-10(4-6-13)2-3-12(14)16-9-11-5-7-15-8-11/h10-11H,2-9,13H2,1H3. The molecule has 0 saturated carbocycles. The molecule has 0 aromatic heterocycles. The number of hydrogen-bond acceptors (Lipinski definition) is 4. The maximum Gasteiger partial charge on any atom is 0.305 e. The van der Waals surface area contributed by atoms with Crippen molar-refractivity contribution in [3.8, 4) is 0 Å². The minimum atomic E-state index is -0.0872. The van der Waals surface area contributed by atoms with Gasteiger partial charge in [-0.25, -0.2) is 0 Å². The van der Waals surface area contributed by atoms with E-state index < -0.39 is 0 Å². The summed E-state index contributed by atoms with van der Waals surface area (Å²) in [6, 6.07) is 0. The van der Waals surface area contributed by atoms with Crippen molar-refractivity contribution < 1.29 is 14.3 Å². The highest BCUT2D eigenvalue weighted by molar-refractivity contribution is 5.69. The highest BCUT2D eigenvalue weighted by atomic mass is 16.5. The minimum absolute atomic E-state index is 0.0872. The molecule has 0 bridgehead atoms. The molecular weight excluding hydrogens is 206 g/mol. The predicted molar refractivity (Wildman–Crippen MR) is 62.0 cm³/mol. The summed E-state index contributed by atoms with van der Waals surface area (Å²) in [5.41, 5.74) is 5.45. The van der Waals surface area contributed by atoms with E-state index in [1.807, 2.05) is 0 Å². The van der Waals surface area contributed by atoms with Crippen LogP contribution in [0.1, 0.15) is 32.6 Å². The SMILES string of the molecule is CC(CCN)CCC(=O)OCC1CCOC1. The first-order valence-corrected chi connectivity index (χ1v) is 6.15. The summed E-state index contributed by atoms with van der Waals surface area (Å²) in [6.45, 7) is 4.86. The number of hydrogen-bond donors (Lipinski definition) is 1. The summed E-state index contributed by atoms with van der Waals surface area (Å²) in [7, 11) is 0. The summed E-state index contributed by atoms with van der Waals surface area (Å²) in [4.78, 5) is 11.4. The number of nitrogens with two attached hydrogens (primary N) is 1. The first kappa shape index (κ1) is 13.5. The molecule has 94 valence electrons. The van der Waals surface area contributed by atoms with Crippen molar-refractivity contribution in [3.63, 3.8) is 0 Å². The van der Waals surface area contributed by atoms with Crippen molar-refractivity contribution in [2.45, 2.75) is 32.6 Å². The molecule has 1 aliphatic heterocycles. The molecule has 4 nitrogen and oxygen atoms in total. The maximum absolute atomic E-state index is 11.4. The topological polar surface area (TPSA) is 61.6 Å². The zero-order valence-electron chi connectivity index (χ0n) is 10.1. The third-order valence-electron chi connectivity index (χ3n) is 3.00. The molecule has 0 aromatic carbocycles. The van der Waals surface area contributed by atoms with Crippen molar-refractivity contribution in [2.24, 2.45) is 17.6 Å². The van der Waals surface area contributed by atoms with E-state index in [0.29, 0.717) is 31.4 Å². The van der Waals surface area contributed by atoms with Gasteiger partial charge in [0, 0.05) is 18.9 Å². The molecule has 1 heterocycles. The highest BCUT2D eigenvalue weighted by Gasteiger charge is 2.17. The quantitative estimate of drug-likeness (QED) is 0.669. The first-order valence-electron chi connectivity index (χ1n) is 6.15. The van der Waals surface area contributed by atoms with E-state index >= 15 is 0 Å². The summed E-state index contributed by atoms with van der Waals surface area (Å²) >= 11 is 0. The molecule has 0 radical (unpaired) electrons. The Hall–Kier alpha value is -0.610. The average Bonchev–Trinajstić information content (AvgIpc) is 2.77. The second-order valence-corrected chi connectivity index (χ2v) is 4.63. The van der Waals surface area contributed by atoms with Crippen LogP contribution in [0.5, 0.6) is 0 Å². The Morgan fingerprint density at radius 3 is 3.00 bits per heavy atom. The molecule has 4 heteroatoms. The van der Waals surface area contributed by atoms with Crippen molar-refractivity contribution in [3.05, 3.63) is 0 Å². The lowest BCUT2D eigenvalue weighted by Gasteiger charge is -2.11. The molecule has 16 heavy (non-hydrogen) atoms. The normalized spacial score (nSPS) is 22.0. The van der Waals surface area contributed by atoms with Crippen LogP contribution < -0.4 is 5.73 Å². The van der Waals surface area contributed by atoms with Crippen molar-refractivity contribution >= 4 is 5.97 Å². The molecule has 1 aliphatic rings. The largest absolute Gasteiger partial charge is 0.465 e. The van der Waals surface area contributed by atoms with Crippen LogP contribution >= 0.6 is 0 Å². The predicted octanol–water partition coefficient (Wildman–Crippen LogP) is 1.33. The molecule has 1 fully saturated rings. The summed E-state index contributed by atoms with van der Waals surface area (Å²) < 4.78 is 10.4. The molecule has 0 aromatic rings. The number of esters is 1. The van der Waals surface area contributed by atoms with Gasteiger partial charge >= 0.3 is 5.97 Å². The van der Waals surface area contributed by atoms with Gasteiger partial charge in [-0.05, 0) is 31.7 Å². The van der Waals surface area contributed by atoms with Crippen LogP contribution in [0.15, 0.2) is 0 Å². The van der Waals surface area contributed by atoms with E-state index in [1.165, 1.54) is 0 Å². The Morgan fingerprint density at radius 1 is 1.56 bits per heavy atom. The molecule has 1 saturated heterocycles. The Bertz CT molecular complexity index is 202. The first-order chi connectivity index (χ1) is 7.72. The van der Waals surface area contributed by atoms with Crippen LogP contribution in [-0.4, -0.2) is 32.3 Å². The lowest BCUT2D eigenvalue weighted by Crippen LogP contribution is -2.15. The zero-order valence-corrected chi connectivity index (χ0v) is 10.1. The summed E-state index contributed by atoms with van der Waals surface area (Å²) in [5.74, 6) is 0.827. The van der Waals surface area contributed by atoms with E-state index in [1.54, 1.807) is 0 Å². The fraction of sp³-hybridized carbons (Fsp3) is 0.917. The Kier molecular flexibility index (Phi) is 6.42. The van der Waals surface area contributed by atoms with Gasteiger partial charge in [-0.15, -0.1) is 0 Å². The molecule has 0 aliphatic carbocycles. The van der Waals surface area contributed by atoms with Gasteiger partial charge in [0.05, 0.1) is 13.2 Å². The van der Waals surface area contributed by atoms with Gasteiger partial charge in [0.2, 0.25) is 0 Å². The van der Waals surface area contributed by atoms with Crippen LogP contribution in [0.25, 0.3) is 0 Å². The van der Waals surface area contributed by atoms with Gasteiger partial charge < -0.3 is 15.2 Å². The third-order valence-corrected chi connectivity index (χ3v) is 3.00. The van der Waals surface area contributed by atoms with E-state index in [0.717, 1.165) is 32.5 Å². The van der Waals surface area contributed by atoms with Crippen LogP contribution in [0, 0.1) is 11.8 Å². The van der Waals surface area contributed by atoms with E-state index in [-0.39, 0.29) is 5.97 Å². The fourth-order valence-corrected chi connectivity index (χ4v) is 1.79. The van der Waals surface area contributed by atoms with Crippen molar-refractivity contribution in [2.75, 3.05) is 26.4 Å². The maximum atomic E-state index is 11.4.